The number of carbonyl (C=O) groups excluding carboxylic acids is 1. The van der Waals surface area contributed by atoms with Crippen LogP contribution in [-0.4, -0.2) is 11.9 Å². The van der Waals surface area contributed by atoms with Crippen molar-refractivity contribution in [3.8, 4) is 11.1 Å². The fourth-order valence-corrected chi connectivity index (χ4v) is 2.53. The van der Waals surface area contributed by atoms with Gasteiger partial charge < -0.3 is 11.1 Å². The van der Waals surface area contributed by atoms with Crippen LogP contribution < -0.4 is 11.1 Å². The normalized spacial score (nSPS) is 20.4. The van der Waals surface area contributed by atoms with Gasteiger partial charge in [-0.05, 0) is 29.7 Å². The Labute approximate surface area is 124 Å². The summed E-state index contributed by atoms with van der Waals surface area (Å²) in [5.41, 5.74) is 8.89. The molecule has 0 saturated carbocycles. The molecule has 0 heterocycles. The minimum absolute atomic E-state index is 0.00112. The number of anilines is 1. The monoisotopic (exact) mass is 278 g/mol. The van der Waals surface area contributed by atoms with E-state index in [0.29, 0.717) is 6.42 Å². The number of benzene rings is 2. The average Bonchev–Trinajstić information content (AvgIpc) is 2.96. The molecule has 0 aromatic heterocycles. The van der Waals surface area contributed by atoms with Crippen molar-refractivity contribution in [3.63, 3.8) is 0 Å². The molecule has 2 aromatic rings. The molecule has 1 aliphatic rings. The summed E-state index contributed by atoms with van der Waals surface area (Å²) in [4.78, 5) is 12.1. The number of amides is 1. The minimum atomic E-state index is -0.117. The number of rotatable bonds is 3. The zero-order valence-corrected chi connectivity index (χ0v) is 11.7. The van der Waals surface area contributed by atoms with Crippen molar-refractivity contribution in [2.75, 3.05) is 5.32 Å². The van der Waals surface area contributed by atoms with E-state index in [-0.39, 0.29) is 17.9 Å². The maximum absolute atomic E-state index is 12.1. The van der Waals surface area contributed by atoms with Crippen LogP contribution in [-0.2, 0) is 4.79 Å². The molecular weight excluding hydrogens is 260 g/mol. The van der Waals surface area contributed by atoms with Crippen molar-refractivity contribution in [1.29, 1.82) is 0 Å². The molecule has 0 spiro atoms. The smallest absolute Gasteiger partial charge is 0.231 e. The molecule has 2 unspecified atom stereocenters. The molecule has 21 heavy (non-hydrogen) atoms. The van der Waals surface area contributed by atoms with Gasteiger partial charge in [0.1, 0.15) is 0 Å². The van der Waals surface area contributed by atoms with Gasteiger partial charge in [0.2, 0.25) is 5.91 Å². The second-order valence-corrected chi connectivity index (χ2v) is 5.32. The molecule has 1 aliphatic carbocycles. The van der Waals surface area contributed by atoms with Gasteiger partial charge in [-0.25, -0.2) is 0 Å². The summed E-state index contributed by atoms with van der Waals surface area (Å²) in [6.07, 6.45) is 4.47. The van der Waals surface area contributed by atoms with Gasteiger partial charge in [-0.1, -0.05) is 54.6 Å². The number of nitrogens with two attached hydrogens (primary N) is 1. The van der Waals surface area contributed by atoms with Crippen molar-refractivity contribution in [2.45, 2.75) is 12.5 Å². The van der Waals surface area contributed by atoms with Crippen LogP contribution in [0.25, 0.3) is 11.1 Å². The third-order valence-corrected chi connectivity index (χ3v) is 3.71. The minimum Gasteiger partial charge on any atom is -0.326 e. The van der Waals surface area contributed by atoms with Crippen LogP contribution in [0, 0.1) is 5.92 Å². The molecule has 0 fully saturated rings. The molecule has 2 aromatic carbocycles. The Balaban J connectivity index is 1.68. The Bertz CT molecular complexity index is 647. The Morgan fingerprint density at radius 2 is 1.62 bits per heavy atom. The third kappa shape index (κ3) is 3.20. The van der Waals surface area contributed by atoms with Crippen LogP contribution in [0.5, 0.6) is 0 Å². The van der Waals surface area contributed by atoms with Crippen LogP contribution in [0.2, 0.25) is 0 Å². The molecule has 2 atom stereocenters. The summed E-state index contributed by atoms with van der Waals surface area (Å²) >= 11 is 0. The molecule has 106 valence electrons. The van der Waals surface area contributed by atoms with E-state index in [1.807, 2.05) is 54.6 Å². The summed E-state index contributed by atoms with van der Waals surface area (Å²) in [7, 11) is 0. The highest BCUT2D eigenvalue weighted by Gasteiger charge is 2.22. The predicted molar refractivity (Wildman–Crippen MR) is 85.7 cm³/mol. The van der Waals surface area contributed by atoms with Crippen molar-refractivity contribution in [1.82, 2.24) is 0 Å². The maximum atomic E-state index is 12.1. The summed E-state index contributed by atoms with van der Waals surface area (Å²) in [6, 6.07) is 18.1. The second kappa shape index (κ2) is 5.94. The lowest BCUT2D eigenvalue weighted by atomic mass is 10.0. The quantitative estimate of drug-likeness (QED) is 0.847. The van der Waals surface area contributed by atoms with Gasteiger partial charge in [-0.2, -0.15) is 0 Å². The average molecular weight is 278 g/mol. The van der Waals surface area contributed by atoms with E-state index in [1.165, 1.54) is 5.56 Å². The fraction of sp³-hybridized carbons (Fsp3) is 0.167. The lowest BCUT2D eigenvalue weighted by Crippen LogP contribution is -2.23. The Kier molecular flexibility index (Phi) is 3.84. The first-order valence-electron chi connectivity index (χ1n) is 7.12. The largest absolute Gasteiger partial charge is 0.326 e. The van der Waals surface area contributed by atoms with Gasteiger partial charge >= 0.3 is 0 Å². The van der Waals surface area contributed by atoms with Crippen LogP contribution in [0.3, 0.4) is 0 Å². The van der Waals surface area contributed by atoms with Gasteiger partial charge in [-0.3, -0.25) is 4.79 Å². The lowest BCUT2D eigenvalue weighted by Gasteiger charge is -2.11. The van der Waals surface area contributed by atoms with Gasteiger partial charge in [0.15, 0.2) is 0 Å². The van der Waals surface area contributed by atoms with Crippen molar-refractivity contribution in [3.05, 3.63) is 66.7 Å². The van der Waals surface area contributed by atoms with Gasteiger partial charge in [0.05, 0.1) is 5.92 Å². The second-order valence-electron chi connectivity index (χ2n) is 5.32. The molecule has 3 heteroatoms. The summed E-state index contributed by atoms with van der Waals surface area (Å²) in [5, 5.41) is 2.94. The van der Waals surface area contributed by atoms with Crippen molar-refractivity contribution in [2.24, 2.45) is 11.7 Å². The highest BCUT2D eigenvalue weighted by Crippen LogP contribution is 2.22. The SMILES string of the molecule is NC1C=CC(C(=O)Nc2ccc(-c3ccccc3)cc2)C1. The number of hydrogen-bond acceptors (Lipinski definition) is 2. The van der Waals surface area contributed by atoms with E-state index >= 15 is 0 Å². The molecule has 0 aliphatic heterocycles. The Morgan fingerprint density at radius 1 is 0.952 bits per heavy atom. The van der Waals surface area contributed by atoms with E-state index < -0.39 is 0 Å². The van der Waals surface area contributed by atoms with E-state index in [4.69, 9.17) is 5.73 Å². The first kappa shape index (κ1) is 13.6. The van der Waals surface area contributed by atoms with E-state index in [0.717, 1.165) is 11.3 Å². The number of carbonyl (C=O) groups is 1. The fourth-order valence-electron chi connectivity index (χ4n) is 2.53. The lowest BCUT2D eigenvalue weighted by molar-refractivity contribution is -0.118. The zero-order chi connectivity index (χ0) is 14.7. The van der Waals surface area contributed by atoms with E-state index in [2.05, 4.69) is 17.4 Å². The van der Waals surface area contributed by atoms with Gasteiger partial charge in [-0.15, -0.1) is 0 Å². The van der Waals surface area contributed by atoms with Crippen LogP contribution in [0.4, 0.5) is 5.69 Å². The number of hydrogen-bond donors (Lipinski definition) is 2. The highest BCUT2D eigenvalue weighted by molar-refractivity contribution is 5.94. The first-order chi connectivity index (χ1) is 10.2. The first-order valence-corrected chi connectivity index (χ1v) is 7.12. The van der Waals surface area contributed by atoms with E-state index in [1.54, 1.807) is 0 Å². The molecular formula is C18H18N2O. The number of nitrogens with one attached hydrogen (secondary N) is 1. The van der Waals surface area contributed by atoms with Gasteiger partial charge in [0.25, 0.3) is 0 Å². The van der Waals surface area contributed by atoms with Crippen molar-refractivity contribution < 1.29 is 4.79 Å². The zero-order valence-electron chi connectivity index (χ0n) is 11.7. The molecule has 3 rings (SSSR count). The van der Waals surface area contributed by atoms with Crippen molar-refractivity contribution >= 4 is 11.6 Å². The molecule has 3 N–H and O–H groups in total. The Morgan fingerprint density at radius 3 is 2.24 bits per heavy atom. The third-order valence-electron chi connectivity index (χ3n) is 3.71. The van der Waals surface area contributed by atoms with E-state index in [9.17, 15) is 4.79 Å². The molecule has 0 saturated heterocycles. The summed E-state index contributed by atoms with van der Waals surface area (Å²) < 4.78 is 0. The Hall–Kier alpha value is -2.39. The molecule has 3 nitrogen and oxygen atoms in total. The maximum Gasteiger partial charge on any atom is 0.231 e. The van der Waals surface area contributed by atoms with Crippen LogP contribution in [0.15, 0.2) is 66.7 Å². The summed E-state index contributed by atoms with van der Waals surface area (Å²) in [6.45, 7) is 0. The molecule has 0 bridgehead atoms. The van der Waals surface area contributed by atoms with Crippen LogP contribution in [0.1, 0.15) is 6.42 Å². The highest BCUT2D eigenvalue weighted by atomic mass is 16.1. The molecule has 1 amide bonds. The predicted octanol–water partition coefficient (Wildman–Crippen LogP) is 3.20. The topological polar surface area (TPSA) is 55.1 Å². The van der Waals surface area contributed by atoms with Gasteiger partial charge in [0, 0.05) is 11.7 Å². The standard InChI is InChI=1S/C18H18N2O/c19-16-9-6-15(12-16)18(21)20-17-10-7-14(8-11-17)13-4-2-1-3-5-13/h1-11,15-16H,12,19H2,(H,20,21). The summed E-state index contributed by atoms with van der Waals surface area (Å²) in [5.74, 6) is -0.111. The van der Waals surface area contributed by atoms with Crippen LogP contribution >= 0.6 is 0 Å². The molecule has 0 radical (unpaired) electrons.